The molecule has 0 radical (unpaired) electrons. The maximum atomic E-state index is 12.0. The van der Waals surface area contributed by atoms with Crippen LogP contribution in [-0.4, -0.2) is 24.1 Å². The molecule has 0 unspecified atom stereocenters. The largest absolute Gasteiger partial charge is 0.370 e. The number of piperidine rings is 1. The zero-order valence-electron chi connectivity index (χ0n) is 13.5. The van der Waals surface area contributed by atoms with Gasteiger partial charge in [0.1, 0.15) is 0 Å². The molecule has 1 fully saturated rings. The number of nitrogens with zero attached hydrogens (tertiary/aromatic N) is 2. The fraction of sp³-hybridized carbons (Fsp3) is 0.333. The number of nitrogens with one attached hydrogen (secondary N) is 2. The van der Waals surface area contributed by atoms with Crippen molar-refractivity contribution >= 4 is 29.0 Å². The van der Waals surface area contributed by atoms with Crippen molar-refractivity contribution in [1.82, 2.24) is 10.3 Å². The summed E-state index contributed by atoms with van der Waals surface area (Å²) in [5.41, 5.74) is 2.67. The van der Waals surface area contributed by atoms with Crippen LogP contribution in [0.3, 0.4) is 0 Å². The van der Waals surface area contributed by atoms with E-state index in [1.54, 1.807) is 18.5 Å². The van der Waals surface area contributed by atoms with Crippen LogP contribution in [0, 0.1) is 0 Å². The number of anilines is 2. The minimum atomic E-state index is -0.263. The maximum absolute atomic E-state index is 12.0. The number of benzene rings is 1. The first-order valence-corrected chi connectivity index (χ1v) is 8.58. The third-order valence-electron chi connectivity index (χ3n) is 4.08. The standard InChI is InChI=1S/C18H21ClN4O/c19-16-11-15(6-7-17(16)23-9-2-1-3-10-23)22-18(24)21-13-14-5-4-8-20-12-14/h4-8,11-12H,1-3,9-10,13H2,(H2,21,22,24). The van der Waals surface area contributed by atoms with Gasteiger partial charge in [-0.05, 0) is 49.1 Å². The molecule has 1 aromatic carbocycles. The van der Waals surface area contributed by atoms with Crippen LogP contribution in [0.2, 0.25) is 5.02 Å². The van der Waals surface area contributed by atoms with E-state index in [2.05, 4.69) is 20.5 Å². The van der Waals surface area contributed by atoms with Gasteiger partial charge in [0, 0.05) is 37.7 Å². The topological polar surface area (TPSA) is 57.3 Å². The second-order valence-electron chi connectivity index (χ2n) is 5.88. The molecular formula is C18H21ClN4O. The first-order valence-electron chi connectivity index (χ1n) is 8.20. The second-order valence-corrected chi connectivity index (χ2v) is 6.29. The van der Waals surface area contributed by atoms with E-state index in [1.165, 1.54) is 19.3 Å². The number of urea groups is 1. The molecule has 6 heteroatoms. The molecule has 3 rings (SSSR count). The minimum absolute atomic E-state index is 0.263. The fourth-order valence-electron chi connectivity index (χ4n) is 2.84. The third-order valence-corrected chi connectivity index (χ3v) is 4.38. The number of pyridine rings is 1. The molecular weight excluding hydrogens is 324 g/mol. The van der Waals surface area contributed by atoms with Gasteiger partial charge in [0.2, 0.25) is 0 Å². The Kier molecular flexibility index (Phi) is 5.54. The van der Waals surface area contributed by atoms with Gasteiger partial charge < -0.3 is 15.5 Å². The highest BCUT2D eigenvalue weighted by atomic mass is 35.5. The number of carbonyl (C=O) groups excluding carboxylic acids is 1. The van der Waals surface area contributed by atoms with Crippen LogP contribution in [0.25, 0.3) is 0 Å². The van der Waals surface area contributed by atoms with E-state index < -0.39 is 0 Å². The number of halogens is 1. The molecule has 5 nitrogen and oxygen atoms in total. The second kappa shape index (κ2) is 8.02. The maximum Gasteiger partial charge on any atom is 0.319 e. The first-order chi connectivity index (χ1) is 11.7. The highest BCUT2D eigenvalue weighted by molar-refractivity contribution is 6.33. The van der Waals surface area contributed by atoms with Crippen LogP contribution < -0.4 is 15.5 Å². The van der Waals surface area contributed by atoms with Gasteiger partial charge in [-0.3, -0.25) is 4.98 Å². The van der Waals surface area contributed by atoms with Crippen molar-refractivity contribution in [1.29, 1.82) is 0 Å². The van der Waals surface area contributed by atoms with Crippen molar-refractivity contribution in [2.24, 2.45) is 0 Å². The van der Waals surface area contributed by atoms with Crippen LogP contribution in [0.1, 0.15) is 24.8 Å². The normalized spacial score (nSPS) is 14.3. The third kappa shape index (κ3) is 4.38. The monoisotopic (exact) mass is 344 g/mol. The Hall–Kier alpha value is -2.27. The minimum Gasteiger partial charge on any atom is -0.370 e. The summed E-state index contributed by atoms with van der Waals surface area (Å²) in [6.07, 6.45) is 7.12. The SMILES string of the molecule is O=C(NCc1cccnc1)Nc1ccc(N2CCCCC2)c(Cl)c1. The van der Waals surface area contributed by atoms with E-state index >= 15 is 0 Å². The van der Waals surface area contributed by atoms with Gasteiger partial charge in [0.05, 0.1) is 10.7 Å². The molecule has 2 N–H and O–H groups in total. The Labute approximate surface area is 147 Å². The average molecular weight is 345 g/mol. The van der Waals surface area contributed by atoms with Gasteiger partial charge in [-0.1, -0.05) is 17.7 Å². The molecule has 0 spiro atoms. The van der Waals surface area contributed by atoms with Crippen LogP contribution in [0.4, 0.5) is 16.2 Å². The number of aromatic nitrogens is 1. The number of hydrogen-bond donors (Lipinski definition) is 2. The van der Waals surface area contributed by atoms with Crippen molar-refractivity contribution in [3.63, 3.8) is 0 Å². The lowest BCUT2D eigenvalue weighted by Gasteiger charge is -2.29. The van der Waals surface area contributed by atoms with Crippen LogP contribution in [-0.2, 0) is 6.54 Å². The van der Waals surface area contributed by atoms with Crippen molar-refractivity contribution in [3.05, 3.63) is 53.3 Å². The molecule has 1 aliphatic rings. The Bertz CT molecular complexity index is 687. The molecule has 0 atom stereocenters. The fourth-order valence-corrected chi connectivity index (χ4v) is 3.14. The lowest BCUT2D eigenvalue weighted by atomic mass is 10.1. The zero-order chi connectivity index (χ0) is 16.8. The number of hydrogen-bond acceptors (Lipinski definition) is 3. The van der Waals surface area contributed by atoms with E-state index in [0.717, 1.165) is 24.3 Å². The lowest BCUT2D eigenvalue weighted by Crippen LogP contribution is -2.30. The summed E-state index contributed by atoms with van der Waals surface area (Å²) >= 11 is 6.40. The molecule has 2 amide bonds. The predicted octanol–water partition coefficient (Wildman–Crippen LogP) is 4.05. The van der Waals surface area contributed by atoms with Gasteiger partial charge in [-0.25, -0.2) is 4.79 Å². The highest BCUT2D eigenvalue weighted by Crippen LogP contribution is 2.30. The summed E-state index contributed by atoms with van der Waals surface area (Å²) in [6.45, 7) is 2.51. The molecule has 1 saturated heterocycles. The van der Waals surface area contributed by atoms with Crippen molar-refractivity contribution in [3.8, 4) is 0 Å². The van der Waals surface area contributed by atoms with Crippen molar-refractivity contribution < 1.29 is 4.79 Å². The number of amides is 2. The van der Waals surface area contributed by atoms with E-state index in [1.807, 2.05) is 24.3 Å². The Morgan fingerprint density at radius 1 is 1.21 bits per heavy atom. The molecule has 1 aromatic heterocycles. The lowest BCUT2D eigenvalue weighted by molar-refractivity contribution is 0.251. The number of carbonyl (C=O) groups is 1. The molecule has 0 bridgehead atoms. The van der Waals surface area contributed by atoms with Crippen molar-refractivity contribution in [2.75, 3.05) is 23.3 Å². The van der Waals surface area contributed by atoms with E-state index in [4.69, 9.17) is 11.6 Å². The molecule has 0 saturated carbocycles. The molecule has 1 aliphatic heterocycles. The summed E-state index contributed by atoms with van der Waals surface area (Å²) in [5, 5.41) is 6.28. The van der Waals surface area contributed by atoms with Gasteiger partial charge in [0.25, 0.3) is 0 Å². The van der Waals surface area contributed by atoms with E-state index in [0.29, 0.717) is 17.3 Å². The van der Waals surface area contributed by atoms with Crippen LogP contribution in [0.15, 0.2) is 42.7 Å². The van der Waals surface area contributed by atoms with Gasteiger partial charge in [0.15, 0.2) is 0 Å². The van der Waals surface area contributed by atoms with E-state index in [9.17, 15) is 4.79 Å². The molecule has 2 heterocycles. The van der Waals surface area contributed by atoms with Crippen molar-refractivity contribution in [2.45, 2.75) is 25.8 Å². The van der Waals surface area contributed by atoms with Crippen LogP contribution in [0.5, 0.6) is 0 Å². The van der Waals surface area contributed by atoms with E-state index in [-0.39, 0.29) is 6.03 Å². The summed E-state index contributed by atoms with van der Waals surface area (Å²) < 4.78 is 0. The van der Waals surface area contributed by atoms with Crippen LogP contribution >= 0.6 is 11.6 Å². The van der Waals surface area contributed by atoms with Gasteiger partial charge in [-0.15, -0.1) is 0 Å². The van der Waals surface area contributed by atoms with Gasteiger partial charge in [-0.2, -0.15) is 0 Å². The summed E-state index contributed by atoms with van der Waals surface area (Å²) in [5.74, 6) is 0. The Morgan fingerprint density at radius 2 is 2.04 bits per heavy atom. The summed E-state index contributed by atoms with van der Waals surface area (Å²) in [6, 6.07) is 9.16. The Morgan fingerprint density at radius 3 is 2.75 bits per heavy atom. The summed E-state index contributed by atoms with van der Waals surface area (Å²) in [4.78, 5) is 18.3. The molecule has 2 aromatic rings. The smallest absolute Gasteiger partial charge is 0.319 e. The highest BCUT2D eigenvalue weighted by Gasteiger charge is 2.14. The summed E-state index contributed by atoms with van der Waals surface area (Å²) in [7, 11) is 0. The van der Waals surface area contributed by atoms with Gasteiger partial charge >= 0.3 is 6.03 Å². The Balaban J connectivity index is 1.57. The number of rotatable bonds is 4. The first kappa shape index (κ1) is 16.6. The molecule has 24 heavy (non-hydrogen) atoms. The molecule has 0 aliphatic carbocycles. The molecule has 126 valence electrons. The average Bonchev–Trinajstić information content (AvgIpc) is 2.62. The predicted molar refractivity (Wildman–Crippen MR) is 97.6 cm³/mol. The quantitative estimate of drug-likeness (QED) is 0.879. The zero-order valence-corrected chi connectivity index (χ0v) is 14.2.